The van der Waals surface area contributed by atoms with E-state index in [4.69, 9.17) is 0 Å². The van der Waals surface area contributed by atoms with Gasteiger partial charge in [-0.2, -0.15) is 0 Å². The number of hydrogen-bond acceptors (Lipinski definition) is 2. The van der Waals surface area contributed by atoms with Crippen LogP contribution in [0.2, 0.25) is 0 Å². The van der Waals surface area contributed by atoms with Gasteiger partial charge in [0.25, 0.3) is 0 Å². The van der Waals surface area contributed by atoms with Gasteiger partial charge in [0.1, 0.15) is 0 Å². The summed E-state index contributed by atoms with van der Waals surface area (Å²) >= 11 is 0. The SMILES string of the molecule is O[C@@H]1CC[C@@H]2C[C@H]2CC[C@H]1N1CCCC1. The highest BCUT2D eigenvalue weighted by molar-refractivity contribution is 4.93. The van der Waals surface area contributed by atoms with Crippen LogP contribution in [-0.4, -0.2) is 35.2 Å². The van der Waals surface area contributed by atoms with Crippen LogP contribution in [0.3, 0.4) is 0 Å². The monoisotopic (exact) mass is 209 g/mol. The summed E-state index contributed by atoms with van der Waals surface area (Å²) in [6, 6.07) is 0.494. The van der Waals surface area contributed by atoms with Crippen molar-refractivity contribution in [3.8, 4) is 0 Å². The van der Waals surface area contributed by atoms with E-state index < -0.39 is 0 Å². The minimum atomic E-state index is -0.0374. The predicted molar refractivity (Wildman–Crippen MR) is 60.7 cm³/mol. The molecule has 2 aliphatic carbocycles. The van der Waals surface area contributed by atoms with Gasteiger partial charge >= 0.3 is 0 Å². The van der Waals surface area contributed by atoms with Crippen molar-refractivity contribution in [1.29, 1.82) is 0 Å². The van der Waals surface area contributed by atoms with Gasteiger partial charge in [-0.15, -0.1) is 0 Å². The van der Waals surface area contributed by atoms with Crippen LogP contribution in [0.15, 0.2) is 0 Å². The highest BCUT2D eigenvalue weighted by Gasteiger charge is 2.40. The van der Waals surface area contributed by atoms with Crippen molar-refractivity contribution < 1.29 is 5.11 Å². The molecule has 1 N–H and O–H groups in total. The zero-order valence-electron chi connectivity index (χ0n) is 9.57. The molecule has 2 saturated carbocycles. The van der Waals surface area contributed by atoms with E-state index in [0.29, 0.717) is 6.04 Å². The normalized spacial score (nSPS) is 47.0. The van der Waals surface area contributed by atoms with Gasteiger partial charge < -0.3 is 5.11 Å². The first-order valence-corrected chi connectivity index (χ1v) is 6.77. The average Bonchev–Trinajstić information content (AvgIpc) is 2.74. The van der Waals surface area contributed by atoms with Crippen molar-refractivity contribution in [3.63, 3.8) is 0 Å². The Labute approximate surface area is 92.7 Å². The van der Waals surface area contributed by atoms with Gasteiger partial charge in [0.05, 0.1) is 6.10 Å². The molecule has 1 aliphatic heterocycles. The zero-order valence-corrected chi connectivity index (χ0v) is 9.57. The molecule has 15 heavy (non-hydrogen) atoms. The fraction of sp³-hybridized carbons (Fsp3) is 1.00. The van der Waals surface area contributed by atoms with Crippen LogP contribution in [0, 0.1) is 11.8 Å². The third-order valence-corrected chi connectivity index (χ3v) is 4.79. The maximum atomic E-state index is 10.2. The van der Waals surface area contributed by atoms with Crippen LogP contribution in [0.25, 0.3) is 0 Å². The van der Waals surface area contributed by atoms with Gasteiger partial charge in [0.2, 0.25) is 0 Å². The molecule has 0 aromatic carbocycles. The number of hydrogen-bond donors (Lipinski definition) is 1. The Kier molecular flexibility index (Phi) is 2.73. The lowest BCUT2D eigenvalue weighted by Gasteiger charge is -2.33. The van der Waals surface area contributed by atoms with E-state index >= 15 is 0 Å². The third kappa shape index (κ3) is 2.07. The summed E-state index contributed by atoms with van der Waals surface area (Å²) in [6.45, 7) is 2.46. The number of fused-ring (bicyclic) bond motifs is 1. The second-order valence-corrected chi connectivity index (χ2v) is 5.79. The Morgan fingerprint density at radius 3 is 2.27 bits per heavy atom. The van der Waals surface area contributed by atoms with E-state index in [9.17, 15) is 5.11 Å². The highest BCUT2D eigenvalue weighted by atomic mass is 16.3. The molecule has 4 atom stereocenters. The summed E-state index contributed by atoms with van der Waals surface area (Å²) in [5.41, 5.74) is 0. The standard InChI is InChI=1S/C13H23NO/c15-13-6-4-11-9-10(11)3-5-12(13)14-7-1-2-8-14/h10-13,15H,1-9H2/t10-,11-,12-,13-/m1/s1. The van der Waals surface area contributed by atoms with Gasteiger partial charge in [-0.05, 0) is 69.9 Å². The topological polar surface area (TPSA) is 23.5 Å². The fourth-order valence-corrected chi connectivity index (χ4v) is 3.67. The molecule has 2 nitrogen and oxygen atoms in total. The number of aliphatic hydroxyl groups excluding tert-OH is 1. The summed E-state index contributed by atoms with van der Waals surface area (Å²) < 4.78 is 0. The van der Waals surface area contributed by atoms with Crippen LogP contribution < -0.4 is 0 Å². The Morgan fingerprint density at radius 2 is 1.53 bits per heavy atom. The summed E-state index contributed by atoms with van der Waals surface area (Å²) in [7, 11) is 0. The van der Waals surface area contributed by atoms with Crippen LogP contribution in [0.4, 0.5) is 0 Å². The van der Waals surface area contributed by atoms with Crippen molar-refractivity contribution in [2.24, 2.45) is 11.8 Å². The molecule has 2 heteroatoms. The van der Waals surface area contributed by atoms with Gasteiger partial charge in [-0.25, -0.2) is 0 Å². The van der Waals surface area contributed by atoms with Crippen molar-refractivity contribution in [2.75, 3.05) is 13.1 Å². The molecule has 0 radical (unpaired) electrons. The minimum Gasteiger partial charge on any atom is -0.391 e. The Balaban J connectivity index is 1.63. The highest BCUT2D eigenvalue weighted by Crippen LogP contribution is 2.47. The fourth-order valence-electron chi connectivity index (χ4n) is 3.67. The average molecular weight is 209 g/mol. The molecule has 0 unspecified atom stereocenters. The quantitative estimate of drug-likeness (QED) is 0.714. The van der Waals surface area contributed by atoms with Gasteiger partial charge in [0.15, 0.2) is 0 Å². The lowest BCUT2D eigenvalue weighted by atomic mass is 9.93. The van der Waals surface area contributed by atoms with Gasteiger partial charge in [-0.3, -0.25) is 4.90 Å². The van der Waals surface area contributed by atoms with Crippen LogP contribution >= 0.6 is 0 Å². The summed E-state index contributed by atoms with van der Waals surface area (Å²) in [4.78, 5) is 2.55. The molecule has 0 spiro atoms. The molecule has 0 bridgehead atoms. The molecule has 0 amide bonds. The Bertz CT molecular complexity index is 225. The lowest BCUT2D eigenvalue weighted by molar-refractivity contribution is 0.0421. The van der Waals surface area contributed by atoms with E-state index in [2.05, 4.69) is 4.90 Å². The molecule has 3 aliphatic rings. The number of aliphatic hydroxyl groups is 1. The second-order valence-electron chi connectivity index (χ2n) is 5.79. The van der Waals surface area contributed by atoms with E-state index in [-0.39, 0.29) is 6.10 Å². The van der Waals surface area contributed by atoms with E-state index in [1.54, 1.807) is 0 Å². The van der Waals surface area contributed by atoms with Crippen LogP contribution in [-0.2, 0) is 0 Å². The smallest absolute Gasteiger partial charge is 0.0695 e. The first-order chi connectivity index (χ1) is 7.34. The molecule has 1 heterocycles. The van der Waals surface area contributed by atoms with Gasteiger partial charge in [-0.1, -0.05) is 0 Å². The van der Waals surface area contributed by atoms with E-state index in [1.807, 2.05) is 0 Å². The van der Waals surface area contributed by atoms with Crippen molar-refractivity contribution in [1.82, 2.24) is 4.90 Å². The molecular formula is C13H23NO. The van der Waals surface area contributed by atoms with Crippen molar-refractivity contribution >= 4 is 0 Å². The summed E-state index contributed by atoms with van der Waals surface area (Å²) in [5, 5.41) is 10.2. The van der Waals surface area contributed by atoms with Gasteiger partial charge in [0, 0.05) is 6.04 Å². The predicted octanol–water partition coefficient (Wildman–Crippen LogP) is 2.02. The number of likely N-dealkylation sites (tertiary alicyclic amines) is 1. The minimum absolute atomic E-state index is 0.0374. The molecule has 3 fully saturated rings. The second kappa shape index (κ2) is 4.06. The number of nitrogens with zero attached hydrogens (tertiary/aromatic N) is 1. The van der Waals surface area contributed by atoms with Crippen LogP contribution in [0.5, 0.6) is 0 Å². The summed E-state index contributed by atoms with van der Waals surface area (Å²) in [5.74, 6) is 2.02. The molecule has 0 aromatic rings. The Hall–Kier alpha value is -0.0800. The first kappa shape index (κ1) is 10.1. The van der Waals surface area contributed by atoms with Crippen LogP contribution in [0.1, 0.15) is 44.9 Å². The molecule has 0 aromatic heterocycles. The molecule has 1 saturated heterocycles. The van der Waals surface area contributed by atoms with Crippen molar-refractivity contribution in [2.45, 2.75) is 57.1 Å². The molecule has 86 valence electrons. The van der Waals surface area contributed by atoms with E-state index in [1.165, 1.54) is 51.6 Å². The molecular weight excluding hydrogens is 186 g/mol. The maximum Gasteiger partial charge on any atom is 0.0695 e. The van der Waals surface area contributed by atoms with Crippen molar-refractivity contribution in [3.05, 3.63) is 0 Å². The van der Waals surface area contributed by atoms with E-state index in [0.717, 1.165) is 18.3 Å². The first-order valence-electron chi connectivity index (χ1n) is 6.77. The molecule has 3 rings (SSSR count). The third-order valence-electron chi connectivity index (χ3n) is 4.79. The lowest BCUT2D eigenvalue weighted by Crippen LogP contribution is -2.42. The number of rotatable bonds is 1. The zero-order chi connectivity index (χ0) is 10.3. The largest absolute Gasteiger partial charge is 0.391 e. The maximum absolute atomic E-state index is 10.2. The summed E-state index contributed by atoms with van der Waals surface area (Å²) in [6.07, 6.45) is 9.08. The Morgan fingerprint density at radius 1 is 0.867 bits per heavy atom.